The molecule has 0 aliphatic carbocycles. The first kappa shape index (κ1) is 19.2. The third kappa shape index (κ3) is 4.76. The molecule has 28 heavy (non-hydrogen) atoms. The van der Waals surface area contributed by atoms with E-state index in [2.05, 4.69) is 25.3 Å². The number of hydrogen-bond donors (Lipinski definition) is 2. The SMILES string of the molecule is COC(=O)c1ccc(Nc2nccc(Nc3ccc(C(F)(F)F)cc3)n2)cc1. The van der Waals surface area contributed by atoms with Crippen LogP contribution in [0.3, 0.4) is 0 Å². The molecule has 1 heterocycles. The van der Waals surface area contributed by atoms with Crippen LogP contribution in [0, 0.1) is 0 Å². The average Bonchev–Trinajstić information content (AvgIpc) is 2.68. The molecule has 6 nitrogen and oxygen atoms in total. The van der Waals surface area contributed by atoms with Gasteiger partial charge in [0.25, 0.3) is 0 Å². The first-order valence-corrected chi connectivity index (χ1v) is 8.08. The molecule has 0 unspecified atom stereocenters. The molecule has 0 fully saturated rings. The summed E-state index contributed by atoms with van der Waals surface area (Å²) in [5.74, 6) is 0.247. The molecule has 9 heteroatoms. The van der Waals surface area contributed by atoms with Crippen LogP contribution in [0.1, 0.15) is 15.9 Å². The van der Waals surface area contributed by atoms with Crippen LogP contribution in [0.4, 0.5) is 36.3 Å². The molecule has 0 atom stereocenters. The second kappa shape index (κ2) is 7.95. The number of esters is 1. The molecular formula is C19H15F3N4O2. The van der Waals surface area contributed by atoms with Crippen molar-refractivity contribution in [2.24, 2.45) is 0 Å². The van der Waals surface area contributed by atoms with Gasteiger partial charge in [-0.15, -0.1) is 0 Å². The zero-order valence-electron chi connectivity index (χ0n) is 14.6. The van der Waals surface area contributed by atoms with Crippen molar-refractivity contribution in [2.75, 3.05) is 17.7 Å². The Bertz CT molecular complexity index is 958. The molecule has 0 aliphatic rings. The van der Waals surface area contributed by atoms with Gasteiger partial charge in [0.1, 0.15) is 5.82 Å². The quantitative estimate of drug-likeness (QED) is 0.614. The number of ether oxygens (including phenoxy) is 1. The van der Waals surface area contributed by atoms with Gasteiger partial charge >= 0.3 is 12.1 Å². The lowest BCUT2D eigenvalue weighted by atomic mass is 10.2. The number of alkyl halides is 3. The van der Waals surface area contributed by atoms with Gasteiger partial charge in [-0.05, 0) is 54.6 Å². The van der Waals surface area contributed by atoms with Crippen molar-refractivity contribution in [3.63, 3.8) is 0 Å². The number of anilines is 4. The Morgan fingerprint density at radius 1 is 0.929 bits per heavy atom. The number of nitrogens with zero attached hydrogens (tertiary/aromatic N) is 2. The molecule has 3 aromatic rings. The maximum atomic E-state index is 12.6. The summed E-state index contributed by atoms with van der Waals surface area (Å²) in [7, 11) is 1.30. The van der Waals surface area contributed by atoms with Crippen molar-refractivity contribution in [3.8, 4) is 0 Å². The molecule has 2 N–H and O–H groups in total. The number of halogens is 3. The first-order valence-electron chi connectivity index (χ1n) is 8.08. The minimum atomic E-state index is -4.38. The largest absolute Gasteiger partial charge is 0.465 e. The molecule has 144 valence electrons. The minimum Gasteiger partial charge on any atom is -0.465 e. The number of benzene rings is 2. The van der Waals surface area contributed by atoms with Crippen molar-refractivity contribution >= 4 is 29.1 Å². The standard InChI is InChI=1S/C19H15F3N4O2/c1-28-17(27)12-2-6-15(7-3-12)25-18-23-11-10-16(26-18)24-14-8-4-13(5-9-14)19(20,21)22/h2-11H,1H3,(H2,23,24,25,26). The molecule has 0 amide bonds. The number of rotatable bonds is 5. The highest BCUT2D eigenvalue weighted by Gasteiger charge is 2.29. The zero-order chi connectivity index (χ0) is 20.1. The molecular weight excluding hydrogens is 373 g/mol. The van der Waals surface area contributed by atoms with E-state index in [1.165, 1.54) is 25.4 Å². The molecule has 0 spiro atoms. The van der Waals surface area contributed by atoms with Crippen LogP contribution in [-0.2, 0) is 10.9 Å². The summed E-state index contributed by atoms with van der Waals surface area (Å²) in [4.78, 5) is 19.8. The van der Waals surface area contributed by atoms with Gasteiger partial charge in [0.2, 0.25) is 5.95 Å². The van der Waals surface area contributed by atoms with Gasteiger partial charge in [-0.1, -0.05) is 0 Å². The summed E-state index contributed by atoms with van der Waals surface area (Å²) in [6.45, 7) is 0. The van der Waals surface area contributed by atoms with Gasteiger partial charge in [0.05, 0.1) is 18.2 Å². The molecule has 0 radical (unpaired) electrons. The maximum Gasteiger partial charge on any atom is 0.416 e. The van der Waals surface area contributed by atoms with E-state index in [0.717, 1.165) is 12.1 Å². The van der Waals surface area contributed by atoms with Crippen molar-refractivity contribution in [3.05, 3.63) is 71.9 Å². The number of methoxy groups -OCH3 is 1. The van der Waals surface area contributed by atoms with Gasteiger partial charge in [-0.3, -0.25) is 0 Å². The van der Waals surface area contributed by atoms with Crippen molar-refractivity contribution in [1.82, 2.24) is 9.97 Å². The van der Waals surface area contributed by atoms with E-state index in [4.69, 9.17) is 0 Å². The number of nitrogens with one attached hydrogen (secondary N) is 2. The molecule has 3 rings (SSSR count). The summed E-state index contributed by atoms with van der Waals surface area (Å²) >= 11 is 0. The van der Waals surface area contributed by atoms with Crippen molar-refractivity contribution in [2.45, 2.75) is 6.18 Å². The normalized spacial score (nSPS) is 11.0. The summed E-state index contributed by atoms with van der Waals surface area (Å²) in [6, 6.07) is 12.8. The minimum absolute atomic E-state index is 0.280. The fourth-order valence-corrected chi connectivity index (χ4v) is 2.32. The number of carbonyl (C=O) groups is 1. The van der Waals surface area contributed by atoms with Gasteiger partial charge in [-0.2, -0.15) is 18.2 Å². The van der Waals surface area contributed by atoms with Crippen LogP contribution in [0.15, 0.2) is 60.8 Å². The lowest BCUT2D eigenvalue weighted by molar-refractivity contribution is -0.137. The Labute approximate surface area is 158 Å². The highest BCUT2D eigenvalue weighted by atomic mass is 19.4. The van der Waals surface area contributed by atoms with E-state index in [9.17, 15) is 18.0 Å². The van der Waals surface area contributed by atoms with E-state index in [1.807, 2.05) is 0 Å². The van der Waals surface area contributed by atoms with Gasteiger partial charge in [0.15, 0.2) is 0 Å². The van der Waals surface area contributed by atoms with Crippen molar-refractivity contribution in [1.29, 1.82) is 0 Å². The molecule has 2 aromatic carbocycles. The number of hydrogen-bond acceptors (Lipinski definition) is 6. The van der Waals surface area contributed by atoms with Gasteiger partial charge in [0, 0.05) is 17.6 Å². The predicted molar refractivity (Wildman–Crippen MR) is 97.8 cm³/mol. The first-order chi connectivity index (χ1) is 13.3. The lowest BCUT2D eigenvalue weighted by Crippen LogP contribution is -2.05. The van der Waals surface area contributed by atoms with Crippen LogP contribution in [-0.4, -0.2) is 23.0 Å². The van der Waals surface area contributed by atoms with Crippen LogP contribution in [0.5, 0.6) is 0 Å². The monoisotopic (exact) mass is 388 g/mol. The Morgan fingerprint density at radius 3 is 2.14 bits per heavy atom. The highest BCUT2D eigenvalue weighted by molar-refractivity contribution is 5.89. The molecule has 0 bridgehead atoms. The van der Waals surface area contributed by atoms with E-state index >= 15 is 0 Å². The van der Waals surface area contributed by atoms with Crippen LogP contribution < -0.4 is 10.6 Å². The summed E-state index contributed by atoms with van der Waals surface area (Å²) in [5.41, 5.74) is 0.796. The summed E-state index contributed by atoms with van der Waals surface area (Å²) in [5, 5.41) is 5.90. The third-order valence-electron chi connectivity index (χ3n) is 3.70. The van der Waals surface area contributed by atoms with Crippen LogP contribution >= 0.6 is 0 Å². The lowest BCUT2D eigenvalue weighted by Gasteiger charge is -2.10. The fraction of sp³-hybridized carbons (Fsp3) is 0.105. The second-order valence-corrected chi connectivity index (χ2v) is 5.66. The summed E-state index contributed by atoms with van der Waals surface area (Å²) < 4.78 is 42.5. The van der Waals surface area contributed by atoms with E-state index in [0.29, 0.717) is 22.8 Å². The number of carbonyl (C=O) groups excluding carboxylic acids is 1. The Hall–Kier alpha value is -3.62. The molecule has 0 aliphatic heterocycles. The van der Waals surface area contributed by atoms with Gasteiger partial charge in [-0.25, -0.2) is 9.78 Å². The smallest absolute Gasteiger partial charge is 0.416 e. The Morgan fingerprint density at radius 2 is 1.54 bits per heavy atom. The highest BCUT2D eigenvalue weighted by Crippen LogP contribution is 2.30. The maximum absolute atomic E-state index is 12.6. The van der Waals surface area contributed by atoms with E-state index in [1.54, 1.807) is 30.3 Å². The Kier molecular flexibility index (Phi) is 5.44. The third-order valence-corrected chi connectivity index (χ3v) is 3.70. The van der Waals surface area contributed by atoms with Gasteiger partial charge < -0.3 is 15.4 Å². The number of aromatic nitrogens is 2. The predicted octanol–water partition coefficient (Wildman–Crippen LogP) is 4.77. The van der Waals surface area contributed by atoms with E-state index < -0.39 is 17.7 Å². The average molecular weight is 388 g/mol. The summed E-state index contributed by atoms with van der Waals surface area (Å²) in [6.07, 6.45) is -2.88. The van der Waals surface area contributed by atoms with Crippen LogP contribution in [0.2, 0.25) is 0 Å². The fourth-order valence-electron chi connectivity index (χ4n) is 2.32. The van der Waals surface area contributed by atoms with Crippen molar-refractivity contribution < 1.29 is 22.7 Å². The van der Waals surface area contributed by atoms with E-state index in [-0.39, 0.29) is 5.95 Å². The molecule has 1 aromatic heterocycles. The Balaban J connectivity index is 1.69. The molecule has 0 saturated carbocycles. The molecule has 0 saturated heterocycles. The second-order valence-electron chi connectivity index (χ2n) is 5.66. The van der Waals surface area contributed by atoms with Crippen LogP contribution in [0.25, 0.3) is 0 Å². The topological polar surface area (TPSA) is 76.1 Å². The zero-order valence-corrected chi connectivity index (χ0v) is 14.6.